The lowest BCUT2D eigenvalue weighted by Gasteiger charge is -2.37. The average Bonchev–Trinajstić information content (AvgIpc) is 3.50. The molecule has 2 aliphatic heterocycles. The molecule has 1 N–H and O–H groups in total. The highest BCUT2D eigenvalue weighted by Gasteiger charge is 2.34. The van der Waals surface area contributed by atoms with Crippen molar-refractivity contribution in [2.75, 3.05) is 31.1 Å². The van der Waals surface area contributed by atoms with Gasteiger partial charge < -0.3 is 14.9 Å². The number of carbonyl (C=O) groups is 1. The summed E-state index contributed by atoms with van der Waals surface area (Å²) in [6.45, 7) is 2.57. The molecular weight excluding hydrogens is 479 g/mol. The number of rotatable bonds is 4. The predicted molar refractivity (Wildman–Crippen MR) is 121 cm³/mol. The molecule has 1 aromatic carbocycles. The van der Waals surface area contributed by atoms with E-state index in [-0.39, 0.29) is 30.2 Å². The topological polar surface area (TPSA) is 116 Å². The number of aryl methyl sites for hydroxylation is 1. The molecule has 0 aliphatic carbocycles. The Bertz CT molecular complexity index is 1300. The zero-order valence-corrected chi connectivity index (χ0v) is 19.2. The molecule has 0 radical (unpaired) electrons. The number of nitrogens with zero attached hydrogens (tertiary/aromatic N) is 9. The van der Waals surface area contributed by atoms with E-state index in [2.05, 4.69) is 25.2 Å². The molecule has 2 amide bonds. The summed E-state index contributed by atoms with van der Waals surface area (Å²) in [7, 11) is 0. The Balaban J connectivity index is 1.28. The number of urea groups is 1. The minimum atomic E-state index is -0.717. The SMILES string of the molecule is Cc1nc(CO)nn1-c1nc(N2CCN(C(=O)N3N=CC[C@H]3c3cc(F)cc(F)c3)CC2)ncc1F. The summed E-state index contributed by atoms with van der Waals surface area (Å²) in [5.41, 5.74) is 0.331. The lowest BCUT2D eigenvalue weighted by molar-refractivity contribution is 0.139. The molecule has 2 aliphatic rings. The molecule has 1 atom stereocenters. The van der Waals surface area contributed by atoms with Gasteiger partial charge in [0.2, 0.25) is 5.95 Å². The third kappa shape index (κ3) is 4.46. The molecule has 188 valence electrons. The van der Waals surface area contributed by atoms with Gasteiger partial charge in [-0.1, -0.05) is 0 Å². The number of aliphatic hydroxyl groups excluding tert-OH is 1. The molecule has 0 unspecified atom stereocenters. The van der Waals surface area contributed by atoms with Crippen LogP contribution >= 0.6 is 0 Å². The van der Waals surface area contributed by atoms with Gasteiger partial charge in [-0.15, -0.1) is 5.10 Å². The maximum absolute atomic E-state index is 14.5. The fourth-order valence-corrected chi connectivity index (χ4v) is 4.25. The van der Waals surface area contributed by atoms with Crippen LogP contribution in [0.15, 0.2) is 29.5 Å². The van der Waals surface area contributed by atoms with Gasteiger partial charge >= 0.3 is 6.03 Å². The molecule has 2 aromatic heterocycles. The molecular formula is C22H22F3N9O2. The van der Waals surface area contributed by atoms with Crippen molar-refractivity contribution in [3.63, 3.8) is 0 Å². The van der Waals surface area contributed by atoms with Gasteiger partial charge in [-0.2, -0.15) is 14.8 Å². The molecule has 0 saturated carbocycles. The zero-order valence-electron chi connectivity index (χ0n) is 19.2. The van der Waals surface area contributed by atoms with Crippen LogP contribution in [0.4, 0.5) is 23.9 Å². The number of aromatic nitrogens is 5. The maximum Gasteiger partial charge on any atom is 0.341 e. The van der Waals surface area contributed by atoms with Gasteiger partial charge in [-0.3, -0.25) is 0 Å². The van der Waals surface area contributed by atoms with Crippen LogP contribution in [0.25, 0.3) is 5.82 Å². The minimum Gasteiger partial charge on any atom is -0.388 e. The monoisotopic (exact) mass is 501 g/mol. The first-order valence-corrected chi connectivity index (χ1v) is 11.2. The Kier molecular flexibility index (Phi) is 6.26. The fourth-order valence-electron chi connectivity index (χ4n) is 4.25. The van der Waals surface area contributed by atoms with Crippen molar-refractivity contribution in [2.45, 2.75) is 26.0 Å². The Morgan fingerprint density at radius 3 is 2.47 bits per heavy atom. The number of piperazine rings is 1. The summed E-state index contributed by atoms with van der Waals surface area (Å²) in [6.07, 6.45) is 2.93. The number of aliphatic hydroxyl groups is 1. The lowest BCUT2D eigenvalue weighted by Crippen LogP contribution is -2.52. The number of halogens is 3. The van der Waals surface area contributed by atoms with Crippen LogP contribution in [0.1, 0.15) is 29.7 Å². The first kappa shape index (κ1) is 23.7. The summed E-state index contributed by atoms with van der Waals surface area (Å²) in [5, 5.41) is 18.7. The second kappa shape index (κ2) is 9.53. The normalized spacial score (nSPS) is 17.8. The van der Waals surface area contributed by atoms with Crippen molar-refractivity contribution >= 4 is 18.2 Å². The van der Waals surface area contributed by atoms with Crippen molar-refractivity contribution < 1.29 is 23.1 Å². The predicted octanol–water partition coefficient (Wildman–Crippen LogP) is 1.95. The molecule has 0 spiro atoms. The van der Waals surface area contributed by atoms with Gasteiger partial charge in [-0.05, 0) is 24.6 Å². The highest BCUT2D eigenvalue weighted by atomic mass is 19.1. The van der Waals surface area contributed by atoms with Crippen LogP contribution < -0.4 is 4.90 Å². The van der Waals surface area contributed by atoms with Crippen molar-refractivity contribution in [3.05, 3.63) is 59.1 Å². The average molecular weight is 501 g/mol. The van der Waals surface area contributed by atoms with Gasteiger partial charge in [-0.25, -0.2) is 32.9 Å². The van der Waals surface area contributed by atoms with Crippen molar-refractivity contribution in [1.29, 1.82) is 0 Å². The fraction of sp³-hybridized carbons (Fsp3) is 0.364. The highest BCUT2D eigenvalue weighted by Crippen LogP contribution is 2.30. The molecule has 36 heavy (non-hydrogen) atoms. The minimum absolute atomic E-state index is 0.0974. The molecule has 14 heteroatoms. The number of hydrogen-bond donors (Lipinski definition) is 1. The summed E-state index contributed by atoms with van der Waals surface area (Å²) < 4.78 is 43.1. The number of carbonyl (C=O) groups excluding carboxylic acids is 1. The number of hydrazone groups is 1. The molecule has 4 heterocycles. The smallest absolute Gasteiger partial charge is 0.341 e. The van der Waals surface area contributed by atoms with Gasteiger partial charge in [0.15, 0.2) is 17.5 Å². The summed E-state index contributed by atoms with van der Waals surface area (Å²) >= 11 is 0. The highest BCUT2D eigenvalue weighted by molar-refractivity contribution is 5.78. The number of benzene rings is 1. The standard InChI is InChI=1S/C22H22F3N9O2/c1-13-28-19(12-35)30-33(13)20-17(25)11-26-21(29-20)31-4-6-32(7-5-31)22(36)34-18(2-3-27-34)14-8-15(23)10-16(24)9-14/h3,8-11,18,35H,2,4-7,12H2,1H3/t18-/m0/s1. The number of anilines is 1. The maximum atomic E-state index is 14.5. The zero-order chi connectivity index (χ0) is 25.4. The molecule has 5 rings (SSSR count). The third-order valence-corrected chi connectivity index (χ3v) is 6.00. The van der Waals surface area contributed by atoms with E-state index in [0.29, 0.717) is 44.0 Å². The Morgan fingerprint density at radius 1 is 1.08 bits per heavy atom. The molecule has 11 nitrogen and oxygen atoms in total. The summed E-state index contributed by atoms with van der Waals surface area (Å²) in [5.74, 6) is -1.47. The van der Waals surface area contributed by atoms with E-state index in [9.17, 15) is 23.1 Å². The van der Waals surface area contributed by atoms with Crippen LogP contribution in [0.3, 0.4) is 0 Å². The third-order valence-electron chi connectivity index (χ3n) is 6.00. The van der Waals surface area contributed by atoms with Crippen LogP contribution in [0.2, 0.25) is 0 Å². The van der Waals surface area contributed by atoms with Gasteiger partial charge in [0, 0.05) is 44.9 Å². The van der Waals surface area contributed by atoms with E-state index in [1.807, 2.05) is 0 Å². The van der Waals surface area contributed by atoms with Crippen LogP contribution in [-0.4, -0.2) is 78.2 Å². The first-order valence-electron chi connectivity index (χ1n) is 11.2. The first-order chi connectivity index (χ1) is 17.3. The molecule has 1 fully saturated rings. The molecule has 1 saturated heterocycles. The lowest BCUT2D eigenvalue weighted by atomic mass is 10.0. The second-order valence-electron chi connectivity index (χ2n) is 8.34. The second-order valence-corrected chi connectivity index (χ2v) is 8.34. The van der Waals surface area contributed by atoms with E-state index in [4.69, 9.17) is 0 Å². The molecule has 3 aromatic rings. The summed E-state index contributed by atoms with van der Waals surface area (Å²) in [4.78, 5) is 29.0. The molecule has 0 bridgehead atoms. The van der Waals surface area contributed by atoms with Crippen molar-refractivity contribution in [3.8, 4) is 5.82 Å². The Morgan fingerprint density at radius 2 is 1.81 bits per heavy atom. The number of hydrogen-bond acceptors (Lipinski definition) is 8. The van der Waals surface area contributed by atoms with E-state index < -0.39 is 23.5 Å². The van der Waals surface area contributed by atoms with Gasteiger partial charge in [0.25, 0.3) is 0 Å². The van der Waals surface area contributed by atoms with Crippen LogP contribution in [-0.2, 0) is 6.61 Å². The Hall–Kier alpha value is -4.07. The van der Waals surface area contributed by atoms with E-state index in [1.165, 1.54) is 21.8 Å². The van der Waals surface area contributed by atoms with Gasteiger partial charge in [0.1, 0.15) is 24.1 Å². The Labute approximate surface area is 203 Å². The van der Waals surface area contributed by atoms with Crippen LogP contribution in [0.5, 0.6) is 0 Å². The van der Waals surface area contributed by atoms with E-state index >= 15 is 0 Å². The van der Waals surface area contributed by atoms with Crippen molar-refractivity contribution in [1.82, 2.24) is 34.6 Å². The van der Waals surface area contributed by atoms with E-state index in [0.717, 1.165) is 12.3 Å². The van der Waals surface area contributed by atoms with Gasteiger partial charge in [0.05, 0.1) is 12.2 Å². The number of amides is 2. The quantitative estimate of drug-likeness (QED) is 0.581. The van der Waals surface area contributed by atoms with Crippen molar-refractivity contribution in [2.24, 2.45) is 5.10 Å². The van der Waals surface area contributed by atoms with E-state index in [1.54, 1.807) is 22.9 Å². The summed E-state index contributed by atoms with van der Waals surface area (Å²) in [6, 6.07) is 2.20. The largest absolute Gasteiger partial charge is 0.388 e. The van der Waals surface area contributed by atoms with Crippen LogP contribution in [0, 0.1) is 24.4 Å².